The smallest absolute Gasteiger partial charge is 0.202 e. The van der Waals surface area contributed by atoms with Gasteiger partial charge in [-0.2, -0.15) is 9.36 Å². The van der Waals surface area contributed by atoms with E-state index < -0.39 is 0 Å². The average molecular weight is 235 g/mol. The summed E-state index contributed by atoms with van der Waals surface area (Å²) in [5.74, 6) is 1.59. The molecule has 0 saturated carbocycles. The molecule has 0 aliphatic rings. The molecule has 0 atom stereocenters. The lowest BCUT2D eigenvalue weighted by molar-refractivity contribution is 0.415. The van der Waals surface area contributed by atoms with Crippen molar-refractivity contribution in [1.82, 2.24) is 9.36 Å². The van der Waals surface area contributed by atoms with Crippen molar-refractivity contribution in [3.05, 3.63) is 24.3 Å². The number of rotatable bonds is 4. The van der Waals surface area contributed by atoms with E-state index in [0.29, 0.717) is 0 Å². The maximum absolute atomic E-state index is 5.10. The van der Waals surface area contributed by atoms with Crippen molar-refractivity contribution in [2.24, 2.45) is 0 Å². The molecule has 0 radical (unpaired) electrons. The molecule has 1 aromatic carbocycles. The Kier molecular flexibility index (Phi) is 3.36. The van der Waals surface area contributed by atoms with Gasteiger partial charge in [0, 0.05) is 23.6 Å². The zero-order valence-corrected chi connectivity index (χ0v) is 10.0. The summed E-state index contributed by atoms with van der Waals surface area (Å²) in [5, 5.41) is 4.00. The van der Waals surface area contributed by atoms with Gasteiger partial charge in [-0.1, -0.05) is 0 Å². The Labute approximate surface area is 98.5 Å². The normalized spacial score (nSPS) is 10.1. The summed E-state index contributed by atoms with van der Waals surface area (Å²) in [7, 11) is 1.65. The molecule has 0 aliphatic heterocycles. The van der Waals surface area contributed by atoms with E-state index in [4.69, 9.17) is 4.74 Å². The van der Waals surface area contributed by atoms with Crippen LogP contribution in [-0.4, -0.2) is 23.0 Å². The molecule has 4 nitrogen and oxygen atoms in total. The van der Waals surface area contributed by atoms with Gasteiger partial charge in [0.1, 0.15) is 5.75 Å². The molecule has 1 heterocycles. The van der Waals surface area contributed by atoms with Crippen LogP contribution in [0.25, 0.3) is 11.4 Å². The van der Waals surface area contributed by atoms with E-state index in [1.807, 2.05) is 31.2 Å². The highest BCUT2D eigenvalue weighted by Gasteiger charge is 2.05. The van der Waals surface area contributed by atoms with Gasteiger partial charge in [0.2, 0.25) is 5.13 Å². The lowest BCUT2D eigenvalue weighted by atomic mass is 10.2. The standard InChI is InChI=1S/C11H13N3OS/c1-3-12-11-13-10(14-16-11)8-4-6-9(15-2)7-5-8/h4-7H,3H2,1-2H3,(H,12,13,14). The van der Waals surface area contributed by atoms with Gasteiger partial charge < -0.3 is 10.1 Å². The van der Waals surface area contributed by atoms with Crippen molar-refractivity contribution in [3.63, 3.8) is 0 Å². The predicted molar refractivity (Wildman–Crippen MR) is 66.1 cm³/mol. The van der Waals surface area contributed by atoms with Gasteiger partial charge in [0.25, 0.3) is 0 Å². The number of hydrogen-bond donors (Lipinski definition) is 1. The molecule has 0 unspecified atom stereocenters. The van der Waals surface area contributed by atoms with Crippen molar-refractivity contribution < 1.29 is 4.74 Å². The molecule has 1 aromatic heterocycles. The van der Waals surface area contributed by atoms with Gasteiger partial charge in [-0.3, -0.25) is 0 Å². The molecular formula is C11H13N3OS. The van der Waals surface area contributed by atoms with Crippen molar-refractivity contribution in [2.45, 2.75) is 6.92 Å². The summed E-state index contributed by atoms with van der Waals surface area (Å²) in [5.41, 5.74) is 1.00. The van der Waals surface area contributed by atoms with Crippen LogP contribution >= 0.6 is 11.5 Å². The fourth-order valence-electron chi connectivity index (χ4n) is 1.30. The van der Waals surface area contributed by atoms with Gasteiger partial charge in [0.15, 0.2) is 5.82 Å². The monoisotopic (exact) mass is 235 g/mol. The number of methoxy groups -OCH3 is 1. The van der Waals surface area contributed by atoms with Crippen molar-refractivity contribution in [1.29, 1.82) is 0 Å². The van der Waals surface area contributed by atoms with Crippen LogP contribution in [0, 0.1) is 0 Å². The average Bonchev–Trinajstić information content (AvgIpc) is 2.78. The zero-order chi connectivity index (χ0) is 11.4. The summed E-state index contributed by atoms with van der Waals surface area (Å²) in [6.45, 7) is 2.89. The fraction of sp³-hybridized carbons (Fsp3) is 0.273. The Morgan fingerprint density at radius 3 is 2.69 bits per heavy atom. The minimum absolute atomic E-state index is 0.753. The summed E-state index contributed by atoms with van der Waals surface area (Å²) >= 11 is 1.38. The molecule has 16 heavy (non-hydrogen) atoms. The molecule has 5 heteroatoms. The molecule has 0 spiro atoms. The maximum Gasteiger partial charge on any atom is 0.202 e. The maximum atomic E-state index is 5.10. The third-order valence-corrected chi connectivity index (χ3v) is 2.78. The second kappa shape index (κ2) is 4.94. The largest absolute Gasteiger partial charge is 0.497 e. The first-order valence-corrected chi connectivity index (χ1v) is 5.83. The first-order valence-electron chi connectivity index (χ1n) is 5.05. The van der Waals surface area contributed by atoms with Crippen LogP contribution in [0.1, 0.15) is 6.92 Å². The van der Waals surface area contributed by atoms with Crippen LogP contribution in [0.2, 0.25) is 0 Å². The predicted octanol–water partition coefficient (Wildman–Crippen LogP) is 2.65. The number of benzene rings is 1. The summed E-state index contributed by atoms with van der Waals surface area (Å²) in [4.78, 5) is 4.38. The Bertz CT molecular complexity index is 453. The number of anilines is 1. The van der Waals surface area contributed by atoms with E-state index in [9.17, 15) is 0 Å². The molecule has 0 amide bonds. The van der Waals surface area contributed by atoms with Crippen molar-refractivity contribution in [3.8, 4) is 17.1 Å². The lowest BCUT2D eigenvalue weighted by Crippen LogP contribution is -1.94. The minimum atomic E-state index is 0.753. The van der Waals surface area contributed by atoms with E-state index in [1.54, 1.807) is 7.11 Å². The van der Waals surface area contributed by atoms with Crippen molar-refractivity contribution in [2.75, 3.05) is 19.0 Å². The fourth-order valence-corrected chi connectivity index (χ4v) is 1.96. The molecule has 0 aliphatic carbocycles. The Balaban J connectivity index is 2.21. The number of nitrogens with zero attached hydrogens (tertiary/aromatic N) is 2. The minimum Gasteiger partial charge on any atom is -0.497 e. The highest BCUT2D eigenvalue weighted by atomic mass is 32.1. The van der Waals surface area contributed by atoms with Crippen LogP contribution in [0.4, 0.5) is 5.13 Å². The van der Waals surface area contributed by atoms with E-state index in [-0.39, 0.29) is 0 Å². The molecule has 2 aromatic rings. The van der Waals surface area contributed by atoms with Crippen LogP contribution in [0.15, 0.2) is 24.3 Å². The quantitative estimate of drug-likeness (QED) is 0.885. The van der Waals surface area contributed by atoms with Crippen LogP contribution in [-0.2, 0) is 0 Å². The first-order chi connectivity index (χ1) is 7.83. The SMILES string of the molecule is CCNc1nc(-c2ccc(OC)cc2)ns1. The summed E-state index contributed by atoms with van der Waals surface area (Å²) in [6, 6.07) is 7.72. The first kappa shape index (κ1) is 10.9. The van der Waals surface area contributed by atoms with Gasteiger partial charge in [-0.25, -0.2) is 0 Å². The highest BCUT2D eigenvalue weighted by Crippen LogP contribution is 2.22. The Morgan fingerprint density at radius 1 is 1.31 bits per heavy atom. The van der Waals surface area contributed by atoms with Gasteiger partial charge in [-0.15, -0.1) is 0 Å². The molecular weight excluding hydrogens is 222 g/mol. The second-order valence-corrected chi connectivity index (χ2v) is 3.93. The van der Waals surface area contributed by atoms with E-state index in [2.05, 4.69) is 14.7 Å². The van der Waals surface area contributed by atoms with Crippen LogP contribution in [0.3, 0.4) is 0 Å². The van der Waals surface area contributed by atoms with Gasteiger partial charge in [0.05, 0.1) is 7.11 Å². The molecule has 0 fully saturated rings. The molecule has 0 saturated heterocycles. The highest BCUT2D eigenvalue weighted by molar-refractivity contribution is 7.09. The van der Waals surface area contributed by atoms with E-state index >= 15 is 0 Å². The van der Waals surface area contributed by atoms with Crippen LogP contribution < -0.4 is 10.1 Å². The van der Waals surface area contributed by atoms with Gasteiger partial charge >= 0.3 is 0 Å². The number of hydrogen-bond acceptors (Lipinski definition) is 5. The van der Waals surface area contributed by atoms with E-state index in [0.717, 1.165) is 28.8 Å². The second-order valence-electron chi connectivity index (χ2n) is 3.18. The van der Waals surface area contributed by atoms with E-state index in [1.165, 1.54) is 11.5 Å². The zero-order valence-electron chi connectivity index (χ0n) is 9.23. The molecule has 0 bridgehead atoms. The lowest BCUT2D eigenvalue weighted by Gasteiger charge is -1.99. The summed E-state index contributed by atoms with van der Waals surface area (Å²) < 4.78 is 9.39. The Morgan fingerprint density at radius 2 is 2.06 bits per heavy atom. The van der Waals surface area contributed by atoms with Crippen LogP contribution in [0.5, 0.6) is 5.75 Å². The topological polar surface area (TPSA) is 47.0 Å². The van der Waals surface area contributed by atoms with Crippen molar-refractivity contribution >= 4 is 16.7 Å². The number of ether oxygens (including phenoxy) is 1. The molecule has 1 N–H and O–H groups in total. The number of nitrogens with one attached hydrogen (secondary N) is 1. The van der Waals surface area contributed by atoms with Gasteiger partial charge in [-0.05, 0) is 31.2 Å². The third kappa shape index (κ3) is 2.30. The number of aromatic nitrogens is 2. The molecule has 2 rings (SSSR count). The Hall–Kier alpha value is -1.62. The summed E-state index contributed by atoms with van der Waals surface area (Å²) in [6.07, 6.45) is 0. The third-order valence-electron chi connectivity index (χ3n) is 2.10. The molecule has 84 valence electrons.